The smallest absolute Gasteiger partial charge is 0.259 e. The summed E-state index contributed by atoms with van der Waals surface area (Å²) < 4.78 is 11.5. The van der Waals surface area contributed by atoms with Crippen LogP contribution in [0, 0.1) is 13.8 Å². The molecular formula is C29H35N3O3. The number of aliphatic imine (C=N–C) groups is 1. The summed E-state index contributed by atoms with van der Waals surface area (Å²) in [5.74, 6) is 1.50. The predicted molar refractivity (Wildman–Crippen MR) is 140 cm³/mol. The van der Waals surface area contributed by atoms with Crippen LogP contribution < -0.4 is 4.90 Å². The van der Waals surface area contributed by atoms with Gasteiger partial charge in [-0.3, -0.25) is 4.79 Å². The molecule has 0 N–H and O–H groups in total. The summed E-state index contributed by atoms with van der Waals surface area (Å²) >= 11 is 0. The fourth-order valence-corrected chi connectivity index (χ4v) is 4.39. The molecule has 184 valence electrons. The Morgan fingerprint density at radius 2 is 1.89 bits per heavy atom. The van der Waals surface area contributed by atoms with E-state index in [0.717, 1.165) is 34.6 Å². The minimum absolute atomic E-state index is 0.00122. The fourth-order valence-electron chi connectivity index (χ4n) is 4.39. The Balaban J connectivity index is 1.68. The zero-order valence-electron chi connectivity index (χ0n) is 21.1. The van der Waals surface area contributed by atoms with Gasteiger partial charge in [-0.05, 0) is 63.4 Å². The number of hydrogen-bond acceptors (Lipinski definition) is 5. The number of hydrogen-bond donors (Lipinski definition) is 0. The van der Waals surface area contributed by atoms with E-state index in [4.69, 9.17) is 14.1 Å². The van der Waals surface area contributed by atoms with Gasteiger partial charge in [0.1, 0.15) is 11.8 Å². The van der Waals surface area contributed by atoms with Crippen molar-refractivity contribution >= 4 is 17.6 Å². The van der Waals surface area contributed by atoms with E-state index in [1.807, 2.05) is 75.4 Å². The molecule has 2 heterocycles. The van der Waals surface area contributed by atoms with Crippen LogP contribution in [0.3, 0.4) is 0 Å². The lowest BCUT2D eigenvalue weighted by Gasteiger charge is -2.30. The molecule has 0 radical (unpaired) electrons. The Hall–Kier alpha value is -3.38. The second-order valence-electron chi connectivity index (χ2n) is 9.37. The molecule has 3 aromatic rings. The van der Waals surface area contributed by atoms with Crippen molar-refractivity contribution in [1.82, 2.24) is 4.90 Å². The number of carbonyl (C=O) groups excluding carboxylic acids is 1. The normalized spacial score (nSPS) is 15.7. The molecular weight excluding hydrogens is 438 g/mol. The second kappa shape index (κ2) is 11.4. The van der Waals surface area contributed by atoms with E-state index in [1.54, 1.807) is 11.2 Å². The van der Waals surface area contributed by atoms with Gasteiger partial charge in [0.25, 0.3) is 5.91 Å². The minimum Gasteiger partial charge on any atom is -0.467 e. The molecule has 35 heavy (non-hydrogen) atoms. The van der Waals surface area contributed by atoms with E-state index < -0.39 is 6.04 Å². The average Bonchev–Trinajstić information content (AvgIpc) is 3.45. The third-order valence-electron chi connectivity index (χ3n) is 6.08. The first-order valence-corrected chi connectivity index (χ1v) is 12.3. The number of guanidine groups is 1. The highest BCUT2D eigenvalue weighted by Crippen LogP contribution is 2.29. The minimum atomic E-state index is -0.473. The lowest BCUT2D eigenvalue weighted by molar-refractivity contribution is -0.118. The Labute approximate surface area is 208 Å². The van der Waals surface area contributed by atoms with Crippen LogP contribution in [0.2, 0.25) is 0 Å². The third kappa shape index (κ3) is 6.20. The molecule has 1 aromatic heterocycles. The number of aryl methyl sites for hydroxylation is 2. The maximum atomic E-state index is 13.8. The molecule has 1 unspecified atom stereocenters. The quantitative estimate of drug-likeness (QED) is 0.364. The van der Waals surface area contributed by atoms with Crippen molar-refractivity contribution in [2.24, 2.45) is 4.99 Å². The molecule has 4 rings (SSSR count). The molecule has 1 aliphatic rings. The van der Waals surface area contributed by atoms with Gasteiger partial charge in [0.15, 0.2) is 0 Å². The summed E-state index contributed by atoms with van der Waals surface area (Å²) in [4.78, 5) is 22.8. The molecule has 1 aliphatic heterocycles. The zero-order chi connectivity index (χ0) is 24.8. The number of anilines is 1. The van der Waals surface area contributed by atoms with Gasteiger partial charge in [0.2, 0.25) is 5.96 Å². The van der Waals surface area contributed by atoms with Gasteiger partial charge in [0, 0.05) is 19.6 Å². The van der Waals surface area contributed by atoms with Crippen molar-refractivity contribution < 1.29 is 13.9 Å². The van der Waals surface area contributed by atoms with Crippen LogP contribution in [-0.2, 0) is 22.5 Å². The van der Waals surface area contributed by atoms with Crippen molar-refractivity contribution in [3.05, 3.63) is 89.4 Å². The number of furan rings is 1. The number of carbonyl (C=O) groups is 1. The standard InChI is InChI=1S/C29H35N3O3/c1-21(2)34-17-9-15-31(20-25-12-8-16-35-25)29-30-26(19-24-10-6-5-7-11-24)28(33)32(29)27-14-13-22(3)18-23(27)4/h5-8,10-14,16,18,21,26H,9,15,17,19-20H2,1-4H3. The maximum Gasteiger partial charge on any atom is 0.259 e. The summed E-state index contributed by atoms with van der Waals surface area (Å²) in [7, 11) is 0. The molecule has 0 saturated heterocycles. The van der Waals surface area contributed by atoms with E-state index in [9.17, 15) is 4.79 Å². The highest BCUT2D eigenvalue weighted by molar-refractivity contribution is 6.22. The van der Waals surface area contributed by atoms with Crippen molar-refractivity contribution in [2.45, 2.75) is 59.2 Å². The number of benzene rings is 2. The van der Waals surface area contributed by atoms with Crippen LogP contribution in [0.15, 0.2) is 76.3 Å². The van der Waals surface area contributed by atoms with E-state index in [0.29, 0.717) is 32.1 Å². The number of amides is 1. The van der Waals surface area contributed by atoms with Crippen molar-refractivity contribution in [1.29, 1.82) is 0 Å². The third-order valence-corrected chi connectivity index (χ3v) is 6.08. The van der Waals surface area contributed by atoms with Crippen molar-refractivity contribution in [3.8, 4) is 0 Å². The summed E-state index contributed by atoms with van der Waals surface area (Å²) in [6, 6.07) is 19.6. The van der Waals surface area contributed by atoms with Gasteiger partial charge in [0.05, 0.1) is 24.6 Å². The van der Waals surface area contributed by atoms with Crippen LogP contribution in [0.1, 0.15) is 42.7 Å². The molecule has 0 aliphatic carbocycles. The van der Waals surface area contributed by atoms with Crippen molar-refractivity contribution in [2.75, 3.05) is 18.1 Å². The lowest BCUT2D eigenvalue weighted by Crippen LogP contribution is -2.45. The first-order chi connectivity index (χ1) is 16.9. The molecule has 1 amide bonds. The van der Waals surface area contributed by atoms with Gasteiger partial charge in [-0.25, -0.2) is 9.89 Å². The highest BCUT2D eigenvalue weighted by atomic mass is 16.5. The zero-order valence-corrected chi connectivity index (χ0v) is 21.1. The molecule has 2 aromatic carbocycles. The Kier molecular flexibility index (Phi) is 8.03. The van der Waals surface area contributed by atoms with E-state index >= 15 is 0 Å². The molecule has 0 spiro atoms. The number of rotatable bonds is 10. The molecule has 6 heteroatoms. The SMILES string of the molecule is Cc1ccc(N2C(=O)C(Cc3ccccc3)N=C2N(CCCOC(C)C)Cc2ccco2)c(C)c1. The van der Waals surface area contributed by atoms with Crippen LogP contribution in [0.5, 0.6) is 0 Å². The molecule has 1 atom stereocenters. The molecule has 0 saturated carbocycles. The second-order valence-corrected chi connectivity index (χ2v) is 9.37. The van der Waals surface area contributed by atoms with Crippen LogP contribution in [0.25, 0.3) is 0 Å². The summed E-state index contributed by atoms with van der Waals surface area (Å²) in [6.45, 7) is 10.1. The monoisotopic (exact) mass is 473 g/mol. The maximum absolute atomic E-state index is 13.8. The number of ether oxygens (including phenoxy) is 1. The van der Waals surface area contributed by atoms with Crippen molar-refractivity contribution in [3.63, 3.8) is 0 Å². The van der Waals surface area contributed by atoms with E-state index in [1.165, 1.54) is 0 Å². The summed E-state index contributed by atoms with van der Waals surface area (Å²) in [6.07, 6.45) is 3.24. The van der Waals surface area contributed by atoms with Gasteiger partial charge in [-0.15, -0.1) is 0 Å². The molecule has 0 fully saturated rings. The lowest BCUT2D eigenvalue weighted by atomic mass is 10.1. The molecule has 6 nitrogen and oxygen atoms in total. The topological polar surface area (TPSA) is 58.3 Å². The number of nitrogens with zero attached hydrogens (tertiary/aromatic N) is 3. The first-order valence-electron chi connectivity index (χ1n) is 12.3. The Morgan fingerprint density at radius 1 is 1.09 bits per heavy atom. The van der Waals surface area contributed by atoms with Gasteiger partial charge < -0.3 is 14.1 Å². The first kappa shape index (κ1) is 24.7. The van der Waals surface area contributed by atoms with E-state index in [2.05, 4.69) is 17.9 Å². The van der Waals surface area contributed by atoms with Gasteiger partial charge >= 0.3 is 0 Å². The van der Waals surface area contributed by atoms with Crippen LogP contribution >= 0.6 is 0 Å². The Bertz CT molecular complexity index is 1140. The average molecular weight is 474 g/mol. The van der Waals surface area contributed by atoms with Gasteiger partial charge in [-0.1, -0.05) is 48.0 Å². The van der Waals surface area contributed by atoms with Gasteiger partial charge in [-0.2, -0.15) is 0 Å². The Morgan fingerprint density at radius 3 is 2.57 bits per heavy atom. The molecule has 0 bridgehead atoms. The largest absolute Gasteiger partial charge is 0.467 e. The summed E-state index contributed by atoms with van der Waals surface area (Å²) in [5.41, 5.74) is 4.18. The predicted octanol–water partition coefficient (Wildman–Crippen LogP) is 5.53. The highest BCUT2D eigenvalue weighted by Gasteiger charge is 2.39. The van der Waals surface area contributed by atoms with E-state index in [-0.39, 0.29) is 12.0 Å². The fraction of sp³-hybridized carbons (Fsp3) is 0.379. The van der Waals surface area contributed by atoms with Crippen LogP contribution in [-0.4, -0.2) is 42.1 Å². The van der Waals surface area contributed by atoms with Crippen LogP contribution in [0.4, 0.5) is 5.69 Å². The summed E-state index contributed by atoms with van der Waals surface area (Å²) in [5, 5.41) is 0.